The van der Waals surface area contributed by atoms with Crippen LogP contribution in [0, 0.1) is 5.82 Å². The number of hydrogen-bond acceptors (Lipinski definition) is 2. The molecular weight excluding hydrogens is 245 g/mol. The zero-order valence-corrected chi connectivity index (χ0v) is 10.2. The number of β-amino-alcohol motifs (C(OH)–C–C–N with tert-alkyl or cyclic N) is 1. The van der Waals surface area contributed by atoms with Crippen molar-refractivity contribution >= 4 is 17.5 Å². The molecule has 0 unspecified atom stereocenters. The van der Waals surface area contributed by atoms with Gasteiger partial charge in [-0.1, -0.05) is 24.6 Å². The van der Waals surface area contributed by atoms with E-state index in [1.54, 1.807) is 0 Å². The van der Waals surface area contributed by atoms with Gasteiger partial charge in [0.1, 0.15) is 0 Å². The van der Waals surface area contributed by atoms with E-state index in [0.29, 0.717) is 6.42 Å². The van der Waals surface area contributed by atoms with E-state index in [1.807, 2.05) is 6.92 Å². The fraction of sp³-hybridized carbons (Fsp3) is 0.417. The first-order chi connectivity index (χ1) is 7.97. The Labute approximate surface area is 104 Å². The number of hydrogen-bond donors (Lipinski definition) is 1. The maximum Gasteiger partial charge on any atom is 0.257 e. The van der Waals surface area contributed by atoms with Crippen LogP contribution in [0.1, 0.15) is 23.7 Å². The molecule has 5 heteroatoms. The second-order valence-electron chi connectivity index (χ2n) is 4.34. The quantitative estimate of drug-likeness (QED) is 0.881. The number of amides is 1. The van der Waals surface area contributed by atoms with Crippen molar-refractivity contribution in [3.05, 3.63) is 34.6 Å². The molecule has 0 atom stereocenters. The third-order valence-electron chi connectivity index (χ3n) is 3.10. The van der Waals surface area contributed by atoms with Gasteiger partial charge in [0.2, 0.25) is 0 Å². The summed E-state index contributed by atoms with van der Waals surface area (Å²) in [6.45, 7) is 2.34. The van der Waals surface area contributed by atoms with Crippen molar-refractivity contribution in [1.29, 1.82) is 0 Å². The first kappa shape index (κ1) is 12.3. The van der Waals surface area contributed by atoms with E-state index in [-0.39, 0.29) is 23.7 Å². The Morgan fingerprint density at radius 1 is 1.59 bits per heavy atom. The molecule has 92 valence electrons. The minimum absolute atomic E-state index is 0.0457. The Hall–Kier alpha value is -1.13. The molecule has 1 fully saturated rings. The summed E-state index contributed by atoms with van der Waals surface area (Å²) < 4.78 is 13.6. The molecule has 3 nitrogen and oxygen atoms in total. The highest BCUT2D eigenvalue weighted by Crippen LogP contribution is 2.27. The SMILES string of the molecule is CCC1(O)CN(C(=O)c2cccc(Cl)c2F)C1. The fourth-order valence-electron chi connectivity index (χ4n) is 1.87. The van der Waals surface area contributed by atoms with Gasteiger partial charge in [0.25, 0.3) is 5.91 Å². The van der Waals surface area contributed by atoms with Crippen LogP contribution in [0.3, 0.4) is 0 Å². The van der Waals surface area contributed by atoms with Gasteiger partial charge >= 0.3 is 0 Å². The normalized spacial score (nSPS) is 17.8. The van der Waals surface area contributed by atoms with E-state index in [9.17, 15) is 14.3 Å². The number of carbonyl (C=O) groups is 1. The Balaban J connectivity index is 2.15. The highest BCUT2D eigenvalue weighted by Gasteiger charge is 2.42. The maximum atomic E-state index is 13.6. The van der Waals surface area contributed by atoms with Gasteiger partial charge in [0, 0.05) is 0 Å². The van der Waals surface area contributed by atoms with Crippen molar-refractivity contribution in [3.8, 4) is 0 Å². The third kappa shape index (κ3) is 2.15. The van der Waals surface area contributed by atoms with Crippen LogP contribution in [0.4, 0.5) is 4.39 Å². The zero-order chi connectivity index (χ0) is 12.6. The topological polar surface area (TPSA) is 40.5 Å². The fourth-order valence-corrected chi connectivity index (χ4v) is 2.05. The third-order valence-corrected chi connectivity index (χ3v) is 3.39. The van der Waals surface area contributed by atoms with E-state index in [1.165, 1.54) is 23.1 Å². The first-order valence-electron chi connectivity index (χ1n) is 5.42. The lowest BCUT2D eigenvalue weighted by molar-refractivity contribution is -0.0827. The summed E-state index contributed by atoms with van der Waals surface area (Å²) in [5.74, 6) is -1.13. The van der Waals surface area contributed by atoms with Crippen LogP contribution in [-0.4, -0.2) is 34.6 Å². The predicted molar refractivity (Wildman–Crippen MR) is 62.6 cm³/mol. The van der Waals surface area contributed by atoms with Crippen LogP contribution in [0.2, 0.25) is 5.02 Å². The number of rotatable bonds is 2. The van der Waals surface area contributed by atoms with Crippen molar-refractivity contribution < 1.29 is 14.3 Å². The van der Waals surface area contributed by atoms with Gasteiger partial charge in [-0.2, -0.15) is 0 Å². The van der Waals surface area contributed by atoms with E-state index in [0.717, 1.165) is 0 Å². The summed E-state index contributed by atoms with van der Waals surface area (Å²) >= 11 is 5.61. The molecule has 0 radical (unpaired) electrons. The lowest BCUT2D eigenvalue weighted by Crippen LogP contribution is -2.63. The van der Waals surface area contributed by atoms with Gasteiger partial charge in [-0.3, -0.25) is 4.79 Å². The number of benzene rings is 1. The van der Waals surface area contributed by atoms with Crippen LogP contribution >= 0.6 is 11.6 Å². The summed E-state index contributed by atoms with van der Waals surface area (Å²) in [6.07, 6.45) is 0.578. The van der Waals surface area contributed by atoms with Gasteiger partial charge < -0.3 is 10.0 Å². The number of likely N-dealkylation sites (tertiary alicyclic amines) is 1. The molecule has 1 aliphatic rings. The highest BCUT2D eigenvalue weighted by molar-refractivity contribution is 6.31. The molecule has 2 rings (SSSR count). The van der Waals surface area contributed by atoms with E-state index >= 15 is 0 Å². The molecule has 1 heterocycles. The van der Waals surface area contributed by atoms with E-state index < -0.39 is 17.3 Å². The molecule has 1 amide bonds. The molecule has 1 saturated heterocycles. The Bertz CT molecular complexity index is 458. The summed E-state index contributed by atoms with van der Waals surface area (Å²) in [5.41, 5.74) is -0.860. The summed E-state index contributed by atoms with van der Waals surface area (Å²) in [7, 11) is 0. The molecule has 1 aromatic rings. The molecule has 0 aromatic heterocycles. The van der Waals surface area contributed by atoms with Gasteiger partial charge in [-0.25, -0.2) is 4.39 Å². The largest absolute Gasteiger partial charge is 0.386 e. The lowest BCUT2D eigenvalue weighted by Gasteiger charge is -2.46. The minimum Gasteiger partial charge on any atom is -0.386 e. The molecule has 1 aromatic carbocycles. The molecule has 0 aliphatic carbocycles. The summed E-state index contributed by atoms with van der Waals surface area (Å²) in [5, 5.41) is 9.73. The van der Waals surface area contributed by atoms with Crippen molar-refractivity contribution in [1.82, 2.24) is 4.90 Å². The Morgan fingerprint density at radius 2 is 2.24 bits per heavy atom. The standard InChI is InChI=1S/C12H13ClFNO2/c1-2-12(17)6-15(7-12)11(16)8-4-3-5-9(13)10(8)14/h3-5,17H,2,6-7H2,1H3. The van der Waals surface area contributed by atoms with Crippen molar-refractivity contribution in [2.45, 2.75) is 18.9 Å². The summed E-state index contributed by atoms with van der Waals surface area (Å²) in [4.78, 5) is 13.3. The monoisotopic (exact) mass is 257 g/mol. The van der Waals surface area contributed by atoms with Gasteiger partial charge in [0.05, 0.1) is 29.3 Å². The molecular formula is C12H13ClFNO2. The van der Waals surface area contributed by atoms with Crippen LogP contribution < -0.4 is 0 Å². The van der Waals surface area contributed by atoms with Crippen LogP contribution in [-0.2, 0) is 0 Å². The van der Waals surface area contributed by atoms with Crippen molar-refractivity contribution in [2.75, 3.05) is 13.1 Å². The molecule has 1 N–H and O–H groups in total. The van der Waals surface area contributed by atoms with Crippen LogP contribution in [0.5, 0.6) is 0 Å². The predicted octanol–water partition coefficient (Wildman–Crippen LogP) is 2.08. The van der Waals surface area contributed by atoms with E-state index in [2.05, 4.69) is 0 Å². The number of aliphatic hydroxyl groups is 1. The van der Waals surface area contributed by atoms with E-state index in [4.69, 9.17) is 11.6 Å². The van der Waals surface area contributed by atoms with Gasteiger partial charge in [0.15, 0.2) is 5.82 Å². The number of carbonyl (C=O) groups excluding carboxylic acids is 1. The van der Waals surface area contributed by atoms with Crippen molar-refractivity contribution in [2.24, 2.45) is 0 Å². The Morgan fingerprint density at radius 3 is 2.82 bits per heavy atom. The molecule has 0 spiro atoms. The molecule has 17 heavy (non-hydrogen) atoms. The summed E-state index contributed by atoms with van der Waals surface area (Å²) in [6, 6.07) is 4.32. The van der Waals surface area contributed by atoms with Gasteiger partial charge in [-0.05, 0) is 18.6 Å². The first-order valence-corrected chi connectivity index (χ1v) is 5.80. The zero-order valence-electron chi connectivity index (χ0n) is 9.41. The van der Waals surface area contributed by atoms with Crippen molar-refractivity contribution in [3.63, 3.8) is 0 Å². The second kappa shape index (κ2) is 4.27. The lowest BCUT2D eigenvalue weighted by atomic mass is 9.90. The van der Waals surface area contributed by atoms with Gasteiger partial charge in [-0.15, -0.1) is 0 Å². The second-order valence-corrected chi connectivity index (χ2v) is 4.75. The van der Waals surface area contributed by atoms with Crippen LogP contribution in [0.15, 0.2) is 18.2 Å². The van der Waals surface area contributed by atoms with Crippen LogP contribution in [0.25, 0.3) is 0 Å². The molecule has 0 saturated carbocycles. The Kier molecular flexibility index (Phi) is 3.10. The average Bonchev–Trinajstić information content (AvgIpc) is 2.28. The number of halogens is 2. The smallest absolute Gasteiger partial charge is 0.257 e. The highest BCUT2D eigenvalue weighted by atomic mass is 35.5. The minimum atomic E-state index is -0.815. The number of nitrogens with zero attached hydrogens (tertiary/aromatic N) is 1. The molecule has 0 bridgehead atoms. The molecule has 1 aliphatic heterocycles. The maximum absolute atomic E-state index is 13.6. The average molecular weight is 258 g/mol.